The lowest BCUT2D eigenvalue weighted by Crippen LogP contribution is -2.10. The normalized spacial score (nSPS) is 11.6. The lowest BCUT2D eigenvalue weighted by atomic mass is 10.1. The number of halogens is 1. The maximum atomic E-state index is 11.3. The zero-order valence-electron chi connectivity index (χ0n) is 8.58. The van der Waals surface area contributed by atoms with Crippen LogP contribution in [-0.4, -0.2) is 11.9 Å². The minimum absolute atomic E-state index is 0.0458. The van der Waals surface area contributed by atoms with E-state index in [0.717, 1.165) is 4.47 Å². The van der Waals surface area contributed by atoms with Crippen molar-refractivity contribution < 1.29 is 9.53 Å². The Labute approximate surface area is 97.8 Å². The van der Waals surface area contributed by atoms with Crippen LogP contribution in [0.2, 0.25) is 0 Å². The van der Waals surface area contributed by atoms with E-state index >= 15 is 0 Å². The maximum Gasteiger partial charge on any atom is 0.163 e. The van der Waals surface area contributed by atoms with E-state index < -0.39 is 0 Å². The molecule has 2 nitrogen and oxygen atoms in total. The number of ether oxygens (including phenoxy) is 1. The van der Waals surface area contributed by atoms with Crippen molar-refractivity contribution in [3.8, 4) is 18.1 Å². The van der Waals surface area contributed by atoms with E-state index in [1.807, 2.05) is 6.07 Å². The van der Waals surface area contributed by atoms with E-state index in [1.165, 1.54) is 6.92 Å². The van der Waals surface area contributed by atoms with Gasteiger partial charge in [0.05, 0.1) is 5.56 Å². The summed E-state index contributed by atoms with van der Waals surface area (Å²) in [4.78, 5) is 11.3. The van der Waals surface area contributed by atoms with Crippen LogP contribution < -0.4 is 4.74 Å². The molecule has 1 rings (SSSR count). The van der Waals surface area contributed by atoms with Gasteiger partial charge >= 0.3 is 0 Å². The summed E-state index contributed by atoms with van der Waals surface area (Å²) in [7, 11) is 0. The number of Topliss-reactive ketones (excluding diaryl/α,β-unsaturated/α-hetero) is 1. The fraction of sp³-hybridized carbons (Fsp3) is 0.250. The van der Waals surface area contributed by atoms with Crippen LogP contribution in [-0.2, 0) is 0 Å². The number of ketones is 1. The quantitative estimate of drug-likeness (QED) is 0.621. The van der Waals surface area contributed by atoms with Gasteiger partial charge in [-0.3, -0.25) is 4.79 Å². The molecule has 0 aromatic heterocycles. The first kappa shape index (κ1) is 11.8. The Morgan fingerprint density at radius 1 is 1.60 bits per heavy atom. The van der Waals surface area contributed by atoms with Crippen molar-refractivity contribution in [1.29, 1.82) is 0 Å². The van der Waals surface area contributed by atoms with Gasteiger partial charge in [0.1, 0.15) is 5.75 Å². The Bertz CT molecular complexity index is 418. The van der Waals surface area contributed by atoms with Gasteiger partial charge in [0.25, 0.3) is 0 Å². The summed E-state index contributed by atoms with van der Waals surface area (Å²) in [6.07, 6.45) is 4.86. The minimum atomic E-state index is -0.343. The summed E-state index contributed by atoms with van der Waals surface area (Å²) < 4.78 is 6.27. The number of terminal acetylenes is 1. The molecule has 0 aliphatic rings. The molecule has 0 radical (unpaired) electrons. The summed E-state index contributed by atoms with van der Waals surface area (Å²) in [6, 6.07) is 5.26. The van der Waals surface area contributed by atoms with E-state index in [0.29, 0.717) is 11.3 Å². The fourth-order valence-electron chi connectivity index (χ4n) is 1.10. The van der Waals surface area contributed by atoms with Crippen LogP contribution in [0, 0.1) is 12.3 Å². The Balaban J connectivity index is 3.07. The van der Waals surface area contributed by atoms with Crippen molar-refractivity contribution in [2.75, 3.05) is 0 Å². The molecular weight excluding hydrogens is 256 g/mol. The second kappa shape index (κ2) is 4.99. The monoisotopic (exact) mass is 266 g/mol. The van der Waals surface area contributed by atoms with Crippen LogP contribution >= 0.6 is 15.9 Å². The number of hydrogen-bond acceptors (Lipinski definition) is 2. The van der Waals surface area contributed by atoms with E-state index in [1.54, 1.807) is 19.1 Å². The Hall–Kier alpha value is -1.27. The van der Waals surface area contributed by atoms with Crippen LogP contribution in [0.25, 0.3) is 0 Å². The summed E-state index contributed by atoms with van der Waals surface area (Å²) in [5, 5.41) is 0. The van der Waals surface area contributed by atoms with Crippen LogP contribution in [0.3, 0.4) is 0 Å². The van der Waals surface area contributed by atoms with Crippen molar-refractivity contribution in [3.63, 3.8) is 0 Å². The highest BCUT2D eigenvalue weighted by molar-refractivity contribution is 9.10. The highest BCUT2D eigenvalue weighted by atomic mass is 79.9. The van der Waals surface area contributed by atoms with Gasteiger partial charge in [-0.25, -0.2) is 0 Å². The lowest BCUT2D eigenvalue weighted by Gasteiger charge is -2.12. The van der Waals surface area contributed by atoms with Crippen molar-refractivity contribution in [2.45, 2.75) is 20.0 Å². The third-order valence-electron chi connectivity index (χ3n) is 1.86. The van der Waals surface area contributed by atoms with Gasteiger partial charge in [0.15, 0.2) is 11.9 Å². The summed E-state index contributed by atoms with van der Waals surface area (Å²) in [5.74, 6) is 2.93. The molecule has 1 aromatic carbocycles. The molecule has 0 N–H and O–H groups in total. The Kier molecular flexibility index (Phi) is 3.93. The molecule has 0 bridgehead atoms. The molecule has 1 aromatic rings. The van der Waals surface area contributed by atoms with Crippen molar-refractivity contribution in [3.05, 3.63) is 28.2 Å². The van der Waals surface area contributed by atoms with E-state index in [4.69, 9.17) is 11.2 Å². The predicted octanol–water partition coefficient (Wildman–Crippen LogP) is 3.05. The third kappa shape index (κ3) is 3.10. The second-order valence-corrected chi connectivity index (χ2v) is 4.04. The lowest BCUT2D eigenvalue weighted by molar-refractivity contribution is 0.101. The summed E-state index contributed by atoms with van der Waals surface area (Å²) >= 11 is 3.30. The predicted molar refractivity (Wildman–Crippen MR) is 63.1 cm³/mol. The molecule has 0 aliphatic heterocycles. The van der Waals surface area contributed by atoms with Crippen LogP contribution in [0.15, 0.2) is 22.7 Å². The topological polar surface area (TPSA) is 26.3 Å². The standard InChI is InChI=1S/C12H11BrO2/c1-4-8(2)15-12-6-5-10(13)7-11(12)9(3)14/h1,5-8H,2-3H3. The number of hydrogen-bond donors (Lipinski definition) is 0. The molecule has 1 unspecified atom stereocenters. The Morgan fingerprint density at radius 3 is 2.80 bits per heavy atom. The van der Waals surface area contributed by atoms with Crippen molar-refractivity contribution >= 4 is 21.7 Å². The molecule has 15 heavy (non-hydrogen) atoms. The molecule has 0 saturated carbocycles. The van der Waals surface area contributed by atoms with Gasteiger partial charge in [-0.15, -0.1) is 6.42 Å². The van der Waals surface area contributed by atoms with Gasteiger partial charge < -0.3 is 4.74 Å². The van der Waals surface area contributed by atoms with Gasteiger partial charge in [-0.1, -0.05) is 21.9 Å². The SMILES string of the molecule is C#CC(C)Oc1ccc(Br)cc1C(C)=O. The molecule has 0 spiro atoms. The first-order valence-electron chi connectivity index (χ1n) is 4.48. The molecule has 3 heteroatoms. The second-order valence-electron chi connectivity index (χ2n) is 3.12. The van der Waals surface area contributed by atoms with Gasteiger partial charge in [0, 0.05) is 4.47 Å². The van der Waals surface area contributed by atoms with Crippen LogP contribution in [0.5, 0.6) is 5.75 Å². The first-order chi connectivity index (χ1) is 7.04. The van der Waals surface area contributed by atoms with Gasteiger partial charge in [0.2, 0.25) is 0 Å². The highest BCUT2D eigenvalue weighted by Crippen LogP contribution is 2.24. The minimum Gasteiger partial charge on any atom is -0.477 e. The van der Waals surface area contributed by atoms with Gasteiger partial charge in [-0.05, 0) is 32.0 Å². The zero-order valence-corrected chi connectivity index (χ0v) is 10.2. The molecular formula is C12H11BrO2. The molecule has 1 atom stereocenters. The van der Waals surface area contributed by atoms with Crippen LogP contribution in [0.4, 0.5) is 0 Å². The summed E-state index contributed by atoms with van der Waals surface area (Å²) in [5.41, 5.74) is 0.534. The van der Waals surface area contributed by atoms with Crippen LogP contribution in [0.1, 0.15) is 24.2 Å². The largest absolute Gasteiger partial charge is 0.477 e. The molecule has 0 heterocycles. The van der Waals surface area contributed by atoms with E-state index in [9.17, 15) is 4.79 Å². The average Bonchev–Trinajstić information content (AvgIpc) is 2.20. The number of carbonyl (C=O) groups excluding carboxylic acids is 1. The van der Waals surface area contributed by atoms with Crippen molar-refractivity contribution in [2.24, 2.45) is 0 Å². The third-order valence-corrected chi connectivity index (χ3v) is 2.35. The average molecular weight is 267 g/mol. The molecule has 0 fully saturated rings. The van der Waals surface area contributed by atoms with E-state index in [-0.39, 0.29) is 11.9 Å². The molecule has 0 amide bonds. The molecule has 0 saturated heterocycles. The maximum absolute atomic E-state index is 11.3. The highest BCUT2D eigenvalue weighted by Gasteiger charge is 2.10. The zero-order chi connectivity index (χ0) is 11.4. The van der Waals surface area contributed by atoms with Gasteiger partial charge in [-0.2, -0.15) is 0 Å². The fourth-order valence-corrected chi connectivity index (χ4v) is 1.47. The van der Waals surface area contributed by atoms with Crippen molar-refractivity contribution in [1.82, 2.24) is 0 Å². The number of benzene rings is 1. The number of carbonyl (C=O) groups is 1. The molecule has 78 valence electrons. The first-order valence-corrected chi connectivity index (χ1v) is 5.27. The smallest absolute Gasteiger partial charge is 0.163 e. The Morgan fingerprint density at radius 2 is 2.27 bits per heavy atom. The molecule has 0 aliphatic carbocycles. The summed E-state index contributed by atoms with van der Waals surface area (Å²) in [6.45, 7) is 3.25. The number of rotatable bonds is 3. The van der Waals surface area contributed by atoms with E-state index in [2.05, 4.69) is 21.9 Å².